The molecule has 2 aromatic carbocycles. The molecule has 1 saturated heterocycles. The Hall–Kier alpha value is -2.73. The van der Waals surface area contributed by atoms with E-state index < -0.39 is 0 Å². The molecule has 0 aromatic heterocycles. The van der Waals surface area contributed by atoms with E-state index in [1.54, 1.807) is 14.2 Å². The van der Waals surface area contributed by atoms with Gasteiger partial charge in [-0.05, 0) is 31.0 Å². The van der Waals surface area contributed by atoms with Gasteiger partial charge in [-0.25, -0.2) is 0 Å². The van der Waals surface area contributed by atoms with Crippen LogP contribution in [0.15, 0.2) is 41.4 Å². The van der Waals surface area contributed by atoms with E-state index in [0.717, 1.165) is 36.1 Å². The lowest BCUT2D eigenvalue weighted by molar-refractivity contribution is -0.00834. The Kier molecular flexibility index (Phi) is 6.99. The summed E-state index contributed by atoms with van der Waals surface area (Å²) < 4.78 is 17.0. The summed E-state index contributed by atoms with van der Waals surface area (Å²) >= 11 is 0. The molecule has 1 aliphatic heterocycles. The Labute approximate surface area is 173 Å². The molecule has 0 radical (unpaired) electrons. The van der Waals surface area contributed by atoms with Gasteiger partial charge in [-0.15, -0.1) is 0 Å². The minimum absolute atomic E-state index is 0.0363. The van der Waals surface area contributed by atoms with Crippen LogP contribution < -0.4 is 14.8 Å². The standard InChI is InChI=1S/C23H31N3O3/c1-16-9-10-19(17(2)13-16)21-15-26(11-12-29-21)23(24-3)25-14-18-7-6-8-20(27-4)22(18)28-5/h6-10,13,21H,11-12,14-15H2,1-5H3,(H,24,25). The number of nitrogens with one attached hydrogen (secondary N) is 1. The third kappa shape index (κ3) is 4.82. The van der Waals surface area contributed by atoms with Crippen molar-refractivity contribution in [3.8, 4) is 11.5 Å². The molecule has 2 aromatic rings. The van der Waals surface area contributed by atoms with E-state index in [1.165, 1.54) is 16.7 Å². The first-order chi connectivity index (χ1) is 14.1. The third-order valence-corrected chi connectivity index (χ3v) is 5.27. The van der Waals surface area contributed by atoms with Gasteiger partial charge in [0.05, 0.1) is 27.4 Å². The van der Waals surface area contributed by atoms with Gasteiger partial charge in [-0.2, -0.15) is 0 Å². The Balaban J connectivity index is 1.70. The molecule has 0 bridgehead atoms. The van der Waals surface area contributed by atoms with Gasteiger partial charge >= 0.3 is 0 Å². The smallest absolute Gasteiger partial charge is 0.194 e. The molecule has 3 rings (SSSR count). The van der Waals surface area contributed by atoms with Crippen LogP contribution in [0.3, 0.4) is 0 Å². The van der Waals surface area contributed by atoms with E-state index >= 15 is 0 Å². The van der Waals surface area contributed by atoms with Crippen LogP contribution in [0.5, 0.6) is 11.5 Å². The highest BCUT2D eigenvalue weighted by atomic mass is 16.5. The van der Waals surface area contributed by atoms with Gasteiger partial charge in [-0.1, -0.05) is 35.9 Å². The van der Waals surface area contributed by atoms with Gasteiger partial charge in [0.1, 0.15) is 6.10 Å². The number of aryl methyl sites for hydroxylation is 2. The summed E-state index contributed by atoms with van der Waals surface area (Å²) in [7, 11) is 5.12. The average molecular weight is 398 g/mol. The van der Waals surface area contributed by atoms with E-state index in [4.69, 9.17) is 14.2 Å². The predicted molar refractivity (Wildman–Crippen MR) is 116 cm³/mol. The number of guanidine groups is 1. The molecule has 1 fully saturated rings. The first-order valence-electron chi connectivity index (χ1n) is 9.91. The highest BCUT2D eigenvalue weighted by Crippen LogP contribution is 2.30. The van der Waals surface area contributed by atoms with E-state index in [-0.39, 0.29) is 6.10 Å². The van der Waals surface area contributed by atoms with E-state index in [9.17, 15) is 0 Å². The summed E-state index contributed by atoms with van der Waals surface area (Å²) in [6.45, 7) is 7.09. The number of rotatable bonds is 5. The molecule has 1 N–H and O–H groups in total. The molecule has 29 heavy (non-hydrogen) atoms. The zero-order valence-electron chi connectivity index (χ0n) is 18.0. The van der Waals surface area contributed by atoms with E-state index in [2.05, 4.69) is 47.3 Å². The van der Waals surface area contributed by atoms with Crippen LogP contribution in [0, 0.1) is 13.8 Å². The number of aliphatic imine (C=N–C) groups is 1. The maximum absolute atomic E-state index is 6.08. The molecule has 0 amide bonds. The molecule has 6 heteroatoms. The van der Waals surface area contributed by atoms with Crippen molar-refractivity contribution in [1.29, 1.82) is 0 Å². The number of ether oxygens (including phenoxy) is 3. The molecule has 1 atom stereocenters. The van der Waals surface area contributed by atoms with Crippen molar-refractivity contribution in [3.63, 3.8) is 0 Å². The fraction of sp³-hybridized carbons (Fsp3) is 0.435. The lowest BCUT2D eigenvalue weighted by Crippen LogP contribution is -2.48. The van der Waals surface area contributed by atoms with E-state index in [1.807, 2.05) is 25.2 Å². The minimum Gasteiger partial charge on any atom is -0.493 e. The van der Waals surface area contributed by atoms with Gasteiger partial charge in [0.25, 0.3) is 0 Å². The molecule has 6 nitrogen and oxygen atoms in total. The largest absolute Gasteiger partial charge is 0.493 e. The first kappa shape index (κ1) is 21.0. The normalized spacial score (nSPS) is 17.2. The molecule has 0 saturated carbocycles. The van der Waals surface area contributed by atoms with Crippen molar-refractivity contribution >= 4 is 5.96 Å². The van der Waals surface area contributed by atoms with Crippen molar-refractivity contribution in [3.05, 3.63) is 58.7 Å². The maximum atomic E-state index is 6.08. The number of methoxy groups -OCH3 is 2. The minimum atomic E-state index is 0.0363. The predicted octanol–water partition coefficient (Wildman–Crippen LogP) is 3.47. The van der Waals surface area contributed by atoms with Gasteiger partial charge in [-0.3, -0.25) is 4.99 Å². The summed E-state index contributed by atoms with van der Waals surface area (Å²) in [5, 5.41) is 3.46. The van der Waals surface area contributed by atoms with Gasteiger partial charge in [0.15, 0.2) is 17.5 Å². The van der Waals surface area contributed by atoms with Crippen molar-refractivity contribution in [1.82, 2.24) is 10.2 Å². The molecule has 0 aliphatic carbocycles. The zero-order valence-corrected chi connectivity index (χ0v) is 18.0. The highest BCUT2D eigenvalue weighted by Gasteiger charge is 2.25. The van der Waals surface area contributed by atoms with Crippen LogP contribution in [0.2, 0.25) is 0 Å². The second kappa shape index (κ2) is 9.65. The van der Waals surface area contributed by atoms with Gasteiger partial charge < -0.3 is 24.4 Å². The van der Waals surface area contributed by atoms with Crippen LogP contribution in [0.4, 0.5) is 0 Å². The molecule has 156 valence electrons. The summed E-state index contributed by atoms with van der Waals surface area (Å²) in [6, 6.07) is 12.4. The van der Waals surface area contributed by atoms with Crippen LogP contribution in [-0.2, 0) is 11.3 Å². The van der Waals surface area contributed by atoms with Crippen molar-refractivity contribution in [2.24, 2.45) is 4.99 Å². The lowest BCUT2D eigenvalue weighted by Gasteiger charge is -2.36. The summed E-state index contributed by atoms with van der Waals surface area (Å²) in [5.74, 6) is 2.32. The second-order valence-corrected chi connectivity index (χ2v) is 7.22. The number of nitrogens with zero attached hydrogens (tertiary/aromatic N) is 2. The Morgan fingerprint density at radius 2 is 2.03 bits per heavy atom. The fourth-order valence-corrected chi connectivity index (χ4v) is 3.82. The summed E-state index contributed by atoms with van der Waals surface area (Å²) in [4.78, 5) is 6.74. The first-order valence-corrected chi connectivity index (χ1v) is 9.91. The summed E-state index contributed by atoms with van der Waals surface area (Å²) in [6.07, 6.45) is 0.0363. The Morgan fingerprint density at radius 3 is 2.72 bits per heavy atom. The fourth-order valence-electron chi connectivity index (χ4n) is 3.82. The van der Waals surface area contributed by atoms with Crippen LogP contribution >= 0.6 is 0 Å². The average Bonchev–Trinajstić information content (AvgIpc) is 2.74. The molecule has 1 unspecified atom stereocenters. The quantitative estimate of drug-likeness (QED) is 0.618. The lowest BCUT2D eigenvalue weighted by atomic mass is 10.00. The van der Waals surface area contributed by atoms with Crippen LogP contribution in [0.1, 0.15) is 28.4 Å². The maximum Gasteiger partial charge on any atom is 0.194 e. The number of benzene rings is 2. The molecule has 1 heterocycles. The third-order valence-electron chi connectivity index (χ3n) is 5.27. The van der Waals surface area contributed by atoms with Crippen molar-refractivity contribution < 1.29 is 14.2 Å². The SMILES string of the molecule is CN=C(NCc1cccc(OC)c1OC)N1CCOC(c2ccc(C)cc2C)C1. The highest BCUT2D eigenvalue weighted by molar-refractivity contribution is 5.80. The van der Waals surface area contributed by atoms with E-state index in [0.29, 0.717) is 13.2 Å². The Morgan fingerprint density at radius 1 is 1.21 bits per heavy atom. The number of para-hydroxylation sites is 1. The molecule has 0 spiro atoms. The van der Waals surface area contributed by atoms with Crippen molar-refractivity contribution in [2.75, 3.05) is 41.0 Å². The Bertz CT molecular complexity index is 866. The van der Waals surface area contributed by atoms with Crippen LogP contribution in [-0.4, -0.2) is 51.8 Å². The molecule has 1 aliphatic rings. The zero-order chi connectivity index (χ0) is 20.8. The number of hydrogen-bond donors (Lipinski definition) is 1. The van der Waals surface area contributed by atoms with Gasteiger partial charge in [0, 0.05) is 25.7 Å². The summed E-state index contributed by atoms with van der Waals surface area (Å²) in [5.41, 5.74) is 4.79. The van der Waals surface area contributed by atoms with Crippen LogP contribution in [0.25, 0.3) is 0 Å². The van der Waals surface area contributed by atoms with Crippen molar-refractivity contribution in [2.45, 2.75) is 26.5 Å². The monoisotopic (exact) mass is 397 g/mol. The van der Waals surface area contributed by atoms with Gasteiger partial charge in [0.2, 0.25) is 0 Å². The topological polar surface area (TPSA) is 55.3 Å². The molecular weight excluding hydrogens is 366 g/mol. The molecular formula is C23H31N3O3. The second-order valence-electron chi connectivity index (χ2n) is 7.22. The number of morpholine rings is 1. The number of hydrogen-bond acceptors (Lipinski definition) is 4.